The van der Waals surface area contributed by atoms with E-state index in [4.69, 9.17) is 31.8 Å². The van der Waals surface area contributed by atoms with Gasteiger partial charge in [0.25, 0.3) is 0 Å². The second-order valence-electron chi connectivity index (χ2n) is 11.4. The molecular formula is C29H58O4. The molecule has 0 saturated heterocycles. The maximum atomic E-state index is 5.47. The molecule has 0 spiro atoms. The first-order valence-electron chi connectivity index (χ1n) is 12.2. The van der Waals surface area contributed by atoms with Crippen molar-refractivity contribution in [3.8, 4) is 24.7 Å². The van der Waals surface area contributed by atoms with Crippen molar-refractivity contribution in [2.24, 2.45) is 0 Å². The second-order valence-corrected chi connectivity index (χ2v) is 11.4. The van der Waals surface area contributed by atoms with Crippen LogP contribution in [0.4, 0.5) is 0 Å². The van der Waals surface area contributed by atoms with Gasteiger partial charge in [-0.25, -0.2) is 0 Å². The lowest BCUT2D eigenvalue weighted by atomic mass is 10.2. The summed E-state index contributed by atoms with van der Waals surface area (Å²) in [7, 11) is 0. The Kier molecular flexibility index (Phi) is 25.5. The minimum Gasteiger partial charge on any atom is -0.376 e. The largest absolute Gasteiger partial charge is 0.376 e. The Morgan fingerprint density at radius 2 is 0.939 bits per heavy atom. The van der Waals surface area contributed by atoms with Gasteiger partial charge < -0.3 is 18.9 Å². The van der Waals surface area contributed by atoms with E-state index in [9.17, 15) is 0 Å². The molecular weight excluding hydrogens is 412 g/mol. The number of unbranched alkanes of at least 4 members (excludes halogenated alkanes) is 1. The fraction of sp³-hybridized carbons (Fsp3) is 0.862. The zero-order valence-electron chi connectivity index (χ0n) is 24.7. The highest BCUT2D eigenvalue weighted by molar-refractivity contribution is 4.84. The van der Waals surface area contributed by atoms with Gasteiger partial charge in [0, 0.05) is 19.6 Å². The average Bonchev–Trinajstić information content (AvgIpc) is 2.58. The molecule has 4 heteroatoms. The van der Waals surface area contributed by atoms with Crippen molar-refractivity contribution in [2.75, 3.05) is 26.4 Å². The number of ether oxygens (including phenoxy) is 4. The Bertz CT molecular complexity index is 483. The van der Waals surface area contributed by atoms with Crippen LogP contribution in [0.2, 0.25) is 0 Å². The molecule has 0 aromatic heterocycles. The number of hydrogen-bond acceptors (Lipinski definition) is 4. The highest BCUT2D eigenvalue weighted by Gasteiger charge is 2.09. The van der Waals surface area contributed by atoms with E-state index in [-0.39, 0.29) is 22.4 Å². The predicted octanol–water partition coefficient (Wildman–Crippen LogP) is 7.68. The summed E-state index contributed by atoms with van der Waals surface area (Å²) in [5, 5.41) is 0. The maximum absolute atomic E-state index is 5.47. The highest BCUT2D eigenvalue weighted by Crippen LogP contribution is 2.07. The van der Waals surface area contributed by atoms with Crippen LogP contribution in [0.5, 0.6) is 0 Å². The molecule has 198 valence electrons. The SMILES string of the molecule is C#CCCOC(C)(C)C.C#CCOC(C)(C)C.CCCCOC(C)(C)C.CCOC(C)(C)C. The molecule has 0 amide bonds. The molecule has 0 aliphatic heterocycles. The first-order chi connectivity index (χ1) is 14.7. The van der Waals surface area contributed by atoms with E-state index in [0.29, 0.717) is 19.6 Å². The summed E-state index contributed by atoms with van der Waals surface area (Å²) < 4.78 is 21.2. The molecule has 33 heavy (non-hydrogen) atoms. The van der Waals surface area contributed by atoms with Gasteiger partial charge in [-0.3, -0.25) is 0 Å². The third-order valence-corrected chi connectivity index (χ3v) is 2.98. The van der Waals surface area contributed by atoms with Crippen LogP contribution in [0.25, 0.3) is 0 Å². The van der Waals surface area contributed by atoms with Crippen molar-refractivity contribution in [2.45, 2.75) is 139 Å². The minimum atomic E-state index is -0.0909. The standard InChI is InChI=1S/C8H18O.C8H14O.C7H12O.C6H14O/c2*1-5-6-7-9-8(2,3)4;1-5-6-8-7(2,3)4;1-5-7-6(2,3)4/h5-7H2,1-4H3;1H,6-7H2,2-4H3;1H,6H2,2-4H3;5H2,1-4H3. The second kappa shape index (κ2) is 21.5. The van der Waals surface area contributed by atoms with Gasteiger partial charge in [-0.2, -0.15) is 0 Å². The molecule has 4 nitrogen and oxygen atoms in total. The van der Waals surface area contributed by atoms with Gasteiger partial charge in [0.2, 0.25) is 0 Å². The van der Waals surface area contributed by atoms with E-state index < -0.39 is 0 Å². The molecule has 0 rings (SSSR count). The van der Waals surface area contributed by atoms with Gasteiger partial charge in [-0.15, -0.1) is 18.8 Å². The van der Waals surface area contributed by atoms with E-state index in [1.54, 1.807) is 0 Å². The third-order valence-electron chi connectivity index (χ3n) is 2.98. The summed E-state index contributed by atoms with van der Waals surface area (Å²) in [6.07, 6.45) is 13.1. The van der Waals surface area contributed by atoms with Crippen molar-refractivity contribution in [3.63, 3.8) is 0 Å². The van der Waals surface area contributed by atoms with E-state index in [1.165, 1.54) is 12.8 Å². The Morgan fingerprint density at radius 3 is 1.15 bits per heavy atom. The van der Waals surface area contributed by atoms with Crippen molar-refractivity contribution < 1.29 is 18.9 Å². The third kappa shape index (κ3) is 65.2. The normalized spacial score (nSPS) is 11.4. The average molecular weight is 471 g/mol. The number of rotatable bonds is 7. The zero-order chi connectivity index (χ0) is 27.2. The van der Waals surface area contributed by atoms with Gasteiger partial charge in [0.05, 0.1) is 29.0 Å². The minimum absolute atomic E-state index is 0.0448. The van der Waals surface area contributed by atoms with Crippen molar-refractivity contribution in [1.29, 1.82) is 0 Å². The quantitative estimate of drug-likeness (QED) is 0.282. The summed E-state index contributed by atoms with van der Waals surface area (Å²) in [4.78, 5) is 0. The molecule has 0 bridgehead atoms. The molecule has 0 N–H and O–H groups in total. The van der Waals surface area contributed by atoms with E-state index in [1.807, 2.05) is 48.5 Å². The van der Waals surface area contributed by atoms with Crippen LogP contribution < -0.4 is 0 Å². The topological polar surface area (TPSA) is 36.9 Å². The summed E-state index contributed by atoms with van der Waals surface area (Å²) in [6.45, 7) is 31.4. The van der Waals surface area contributed by atoms with E-state index in [2.05, 4.69) is 60.3 Å². The lowest BCUT2D eigenvalue weighted by Gasteiger charge is -2.18. The van der Waals surface area contributed by atoms with Gasteiger partial charge in [0.1, 0.15) is 6.61 Å². The maximum Gasteiger partial charge on any atom is 0.108 e. The molecule has 0 unspecified atom stereocenters. The summed E-state index contributed by atoms with van der Waals surface area (Å²) in [6, 6.07) is 0. The van der Waals surface area contributed by atoms with Crippen LogP contribution in [0.1, 0.15) is 116 Å². The van der Waals surface area contributed by atoms with Crippen LogP contribution >= 0.6 is 0 Å². The fourth-order valence-corrected chi connectivity index (χ4v) is 1.63. The van der Waals surface area contributed by atoms with Crippen LogP contribution in [-0.2, 0) is 18.9 Å². The molecule has 0 aromatic carbocycles. The Balaban J connectivity index is -0.000000171. The number of terminal acetylenes is 2. The molecule has 0 saturated carbocycles. The van der Waals surface area contributed by atoms with Gasteiger partial charge in [-0.05, 0) is 96.4 Å². The van der Waals surface area contributed by atoms with Crippen LogP contribution in [-0.4, -0.2) is 48.8 Å². The van der Waals surface area contributed by atoms with Crippen LogP contribution in [0.3, 0.4) is 0 Å². The van der Waals surface area contributed by atoms with E-state index in [0.717, 1.165) is 13.2 Å². The van der Waals surface area contributed by atoms with Crippen molar-refractivity contribution in [1.82, 2.24) is 0 Å². The van der Waals surface area contributed by atoms with Gasteiger partial charge in [-0.1, -0.05) is 19.3 Å². The van der Waals surface area contributed by atoms with E-state index >= 15 is 0 Å². The molecule has 0 aromatic rings. The first kappa shape index (κ1) is 39.2. The van der Waals surface area contributed by atoms with Crippen LogP contribution in [0, 0.1) is 24.7 Å². The summed E-state index contributed by atoms with van der Waals surface area (Å²) in [5.74, 6) is 4.92. The van der Waals surface area contributed by atoms with Crippen molar-refractivity contribution in [3.05, 3.63) is 0 Å². The molecule has 0 aliphatic carbocycles. The zero-order valence-corrected chi connectivity index (χ0v) is 24.7. The molecule has 0 radical (unpaired) electrons. The fourth-order valence-electron chi connectivity index (χ4n) is 1.63. The lowest BCUT2D eigenvalue weighted by molar-refractivity contribution is -0.00420. The Labute approximate surface area is 208 Å². The smallest absolute Gasteiger partial charge is 0.108 e. The number of hydrogen-bond donors (Lipinski definition) is 0. The Hall–Kier alpha value is -1.04. The molecule has 0 fully saturated rings. The van der Waals surface area contributed by atoms with Crippen molar-refractivity contribution >= 4 is 0 Å². The summed E-state index contributed by atoms with van der Waals surface area (Å²) in [5.41, 5.74) is -0.0346. The lowest BCUT2D eigenvalue weighted by Crippen LogP contribution is -2.19. The highest BCUT2D eigenvalue weighted by atomic mass is 16.5. The van der Waals surface area contributed by atoms with Gasteiger partial charge in [0.15, 0.2) is 0 Å². The molecule has 0 heterocycles. The molecule has 0 aliphatic rings. The first-order valence-corrected chi connectivity index (χ1v) is 12.2. The summed E-state index contributed by atoms with van der Waals surface area (Å²) >= 11 is 0. The van der Waals surface area contributed by atoms with Gasteiger partial charge >= 0.3 is 0 Å². The molecule has 0 atom stereocenters. The predicted molar refractivity (Wildman–Crippen MR) is 146 cm³/mol. The Morgan fingerprint density at radius 1 is 0.545 bits per heavy atom. The monoisotopic (exact) mass is 470 g/mol. The van der Waals surface area contributed by atoms with Crippen LogP contribution in [0.15, 0.2) is 0 Å².